The van der Waals surface area contributed by atoms with Crippen molar-refractivity contribution in [2.75, 3.05) is 13.2 Å². The molecular weight excluding hydrogens is 444 g/mol. The molecule has 1 saturated heterocycles. The first-order valence-corrected chi connectivity index (χ1v) is 12.7. The van der Waals surface area contributed by atoms with E-state index in [0.717, 1.165) is 29.5 Å². The number of aliphatic hydroxyl groups is 3. The van der Waals surface area contributed by atoms with E-state index < -0.39 is 34.3 Å². The van der Waals surface area contributed by atoms with Crippen LogP contribution in [-0.2, 0) is 21.2 Å². The molecule has 0 unspecified atom stereocenters. The Morgan fingerprint density at radius 2 is 1.52 bits per heavy atom. The Kier molecular flexibility index (Phi) is 8.38. The molecule has 0 aromatic heterocycles. The Balaban J connectivity index is 1.62. The van der Waals surface area contributed by atoms with Crippen LogP contribution in [0.3, 0.4) is 0 Å². The predicted octanol–water partition coefficient (Wildman–Crippen LogP) is 1.07. The third-order valence-corrected chi connectivity index (χ3v) is 7.29. The SMILES string of the molecule is CCC(=O)C[C@@H]1[C@@H](O)[C@H](O)[C@@H](CO)N1CCCc1ccc(-c2ccc(S(N)(=O)=O)cc2)cc1. The van der Waals surface area contributed by atoms with Gasteiger partial charge in [-0.1, -0.05) is 43.3 Å². The number of aryl methyl sites for hydroxylation is 1. The minimum Gasteiger partial charge on any atom is -0.395 e. The highest BCUT2D eigenvalue weighted by atomic mass is 32.2. The molecule has 0 saturated carbocycles. The van der Waals surface area contributed by atoms with Gasteiger partial charge < -0.3 is 15.3 Å². The molecule has 1 aliphatic rings. The Bertz CT molecular complexity index is 1040. The van der Waals surface area contributed by atoms with Gasteiger partial charge in [-0.05, 0) is 48.2 Å². The molecule has 1 aliphatic heterocycles. The fourth-order valence-corrected chi connectivity index (χ4v) is 4.94. The zero-order chi connectivity index (χ0) is 24.2. The monoisotopic (exact) mass is 476 g/mol. The summed E-state index contributed by atoms with van der Waals surface area (Å²) in [6.45, 7) is 2.03. The van der Waals surface area contributed by atoms with Crippen LogP contribution in [0.5, 0.6) is 0 Å². The number of hydrogen-bond acceptors (Lipinski definition) is 7. The smallest absolute Gasteiger partial charge is 0.238 e. The van der Waals surface area contributed by atoms with Gasteiger partial charge in [-0.3, -0.25) is 9.69 Å². The second kappa shape index (κ2) is 10.9. The van der Waals surface area contributed by atoms with Crippen LogP contribution in [-0.4, -0.2) is 71.9 Å². The highest BCUT2D eigenvalue weighted by Gasteiger charge is 2.47. The molecule has 0 amide bonds. The summed E-state index contributed by atoms with van der Waals surface area (Å²) in [5.74, 6) is 0.0162. The standard InChI is InChI=1S/C24H32N2O6S/c1-2-19(28)14-21-23(29)24(30)22(15-27)26(21)13-3-4-16-5-7-17(8-6-16)18-9-11-20(12-10-18)33(25,31)32/h5-12,21-24,27,29-30H,2-4,13-15H2,1H3,(H2,25,31,32)/t21-,22-,23-,24-/m1/s1. The van der Waals surface area contributed by atoms with E-state index in [-0.39, 0.29) is 23.7 Å². The number of Topliss-reactive ketones (excluding diaryl/α,β-unsaturated/α-hetero) is 1. The molecule has 33 heavy (non-hydrogen) atoms. The van der Waals surface area contributed by atoms with Gasteiger partial charge in [0.1, 0.15) is 5.78 Å². The third kappa shape index (κ3) is 6.06. The Hall–Kier alpha value is -2.14. The van der Waals surface area contributed by atoms with Crippen molar-refractivity contribution in [2.45, 2.75) is 61.8 Å². The average molecular weight is 477 g/mol. The molecule has 8 nitrogen and oxygen atoms in total. The lowest BCUT2D eigenvalue weighted by atomic mass is 10.0. The van der Waals surface area contributed by atoms with Gasteiger partial charge in [0.05, 0.1) is 29.8 Å². The molecule has 0 radical (unpaired) electrons. The summed E-state index contributed by atoms with van der Waals surface area (Å²) in [6, 6.07) is 13.2. The van der Waals surface area contributed by atoms with Crippen LogP contribution in [0.4, 0.5) is 0 Å². The van der Waals surface area contributed by atoms with E-state index in [1.807, 2.05) is 29.2 Å². The van der Waals surface area contributed by atoms with Gasteiger partial charge in [-0.15, -0.1) is 0 Å². The molecule has 0 bridgehead atoms. The maximum absolute atomic E-state index is 12.0. The van der Waals surface area contributed by atoms with Gasteiger partial charge >= 0.3 is 0 Å². The number of rotatable bonds is 10. The number of likely N-dealkylation sites (tertiary alicyclic amines) is 1. The van der Waals surface area contributed by atoms with Gasteiger partial charge in [0, 0.05) is 18.9 Å². The van der Waals surface area contributed by atoms with Crippen LogP contribution in [0.2, 0.25) is 0 Å². The zero-order valence-electron chi connectivity index (χ0n) is 18.7. The fraction of sp³-hybridized carbons (Fsp3) is 0.458. The van der Waals surface area contributed by atoms with E-state index in [2.05, 4.69) is 0 Å². The molecule has 0 spiro atoms. The van der Waals surface area contributed by atoms with Crippen molar-refractivity contribution in [1.29, 1.82) is 0 Å². The van der Waals surface area contributed by atoms with Crippen LogP contribution < -0.4 is 5.14 Å². The first-order chi connectivity index (χ1) is 15.7. The summed E-state index contributed by atoms with van der Waals surface area (Å²) in [5.41, 5.74) is 2.93. The number of aliphatic hydroxyl groups excluding tert-OH is 3. The number of carbonyl (C=O) groups excluding carboxylic acids is 1. The molecule has 1 heterocycles. The Morgan fingerprint density at radius 1 is 0.970 bits per heavy atom. The summed E-state index contributed by atoms with van der Waals surface area (Å²) in [7, 11) is -3.72. The Morgan fingerprint density at radius 3 is 2.03 bits per heavy atom. The first kappa shape index (κ1) is 25.5. The van der Waals surface area contributed by atoms with E-state index in [0.29, 0.717) is 13.0 Å². The number of carbonyl (C=O) groups is 1. The first-order valence-electron chi connectivity index (χ1n) is 11.1. The van der Waals surface area contributed by atoms with Gasteiger partial charge in [0.15, 0.2) is 0 Å². The fourth-order valence-electron chi connectivity index (χ4n) is 4.42. The summed E-state index contributed by atoms with van der Waals surface area (Å²) in [4.78, 5) is 13.9. The van der Waals surface area contributed by atoms with Crippen LogP contribution in [0.15, 0.2) is 53.4 Å². The lowest BCUT2D eigenvalue weighted by Gasteiger charge is -2.29. The van der Waals surface area contributed by atoms with Crippen molar-refractivity contribution >= 4 is 15.8 Å². The number of primary sulfonamides is 1. The topological polar surface area (TPSA) is 141 Å². The molecule has 3 rings (SSSR count). The molecule has 0 aliphatic carbocycles. The van der Waals surface area contributed by atoms with Gasteiger partial charge in [-0.25, -0.2) is 13.6 Å². The molecule has 9 heteroatoms. The van der Waals surface area contributed by atoms with Crippen molar-refractivity contribution in [1.82, 2.24) is 4.90 Å². The number of hydrogen-bond donors (Lipinski definition) is 4. The average Bonchev–Trinajstić information content (AvgIpc) is 3.02. The van der Waals surface area contributed by atoms with E-state index in [1.54, 1.807) is 19.1 Å². The van der Waals surface area contributed by atoms with Crippen LogP contribution in [0.1, 0.15) is 31.7 Å². The highest BCUT2D eigenvalue weighted by Crippen LogP contribution is 2.28. The molecule has 180 valence electrons. The zero-order valence-corrected chi connectivity index (χ0v) is 19.5. The van der Waals surface area contributed by atoms with E-state index in [4.69, 9.17) is 5.14 Å². The summed E-state index contributed by atoms with van der Waals surface area (Å²) < 4.78 is 22.8. The maximum atomic E-state index is 12.0. The molecule has 1 fully saturated rings. The second-order valence-corrected chi connectivity index (χ2v) is 10.1. The Labute approximate surface area is 194 Å². The highest BCUT2D eigenvalue weighted by molar-refractivity contribution is 7.89. The molecular formula is C24H32N2O6S. The molecule has 4 atom stereocenters. The maximum Gasteiger partial charge on any atom is 0.238 e. The van der Waals surface area contributed by atoms with Gasteiger partial charge in [0.2, 0.25) is 10.0 Å². The minimum atomic E-state index is -3.72. The van der Waals surface area contributed by atoms with Crippen molar-refractivity contribution in [3.05, 3.63) is 54.1 Å². The third-order valence-electron chi connectivity index (χ3n) is 6.36. The number of ketones is 1. The molecule has 5 N–H and O–H groups in total. The van der Waals surface area contributed by atoms with E-state index in [9.17, 15) is 28.5 Å². The molecule has 2 aromatic rings. The molecule has 2 aromatic carbocycles. The summed E-state index contributed by atoms with van der Waals surface area (Å²) in [5, 5.41) is 35.5. The quantitative estimate of drug-likeness (QED) is 0.402. The number of sulfonamides is 1. The number of benzene rings is 2. The normalized spacial score (nSPS) is 23.7. The van der Waals surface area contributed by atoms with Crippen molar-refractivity contribution in [3.63, 3.8) is 0 Å². The summed E-state index contributed by atoms with van der Waals surface area (Å²) >= 11 is 0. The minimum absolute atomic E-state index is 0.0162. The van der Waals surface area contributed by atoms with Gasteiger partial charge in [-0.2, -0.15) is 0 Å². The van der Waals surface area contributed by atoms with E-state index in [1.165, 1.54) is 12.1 Å². The largest absolute Gasteiger partial charge is 0.395 e. The van der Waals surface area contributed by atoms with Gasteiger partial charge in [0.25, 0.3) is 0 Å². The lowest BCUT2D eigenvalue weighted by Crippen LogP contribution is -2.43. The lowest BCUT2D eigenvalue weighted by molar-refractivity contribution is -0.120. The number of nitrogens with zero attached hydrogens (tertiary/aromatic N) is 1. The van der Waals surface area contributed by atoms with E-state index >= 15 is 0 Å². The van der Waals surface area contributed by atoms with Crippen molar-refractivity contribution < 1.29 is 28.5 Å². The predicted molar refractivity (Wildman–Crippen MR) is 125 cm³/mol. The van der Waals surface area contributed by atoms with Crippen molar-refractivity contribution in [3.8, 4) is 11.1 Å². The van der Waals surface area contributed by atoms with Crippen molar-refractivity contribution in [2.24, 2.45) is 5.14 Å². The van der Waals surface area contributed by atoms with Crippen LogP contribution in [0.25, 0.3) is 11.1 Å². The second-order valence-electron chi connectivity index (χ2n) is 8.50. The summed E-state index contributed by atoms with van der Waals surface area (Å²) in [6.07, 6.45) is -0.130. The number of nitrogens with two attached hydrogens (primary N) is 1. The van der Waals surface area contributed by atoms with Crippen LogP contribution in [0, 0.1) is 0 Å². The van der Waals surface area contributed by atoms with Crippen LogP contribution >= 0.6 is 0 Å².